The van der Waals surface area contributed by atoms with E-state index >= 15 is 0 Å². The van der Waals surface area contributed by atoms with E-state index in [0.717, 1.165) is 18.5 Å². The molecule has 0 rings (SSSR count). The van der Waals surface area contributed by atoms with Crippen LogP contribution in [0.5, 0.6) is 0 Å². The van der Waals surface area contributed by atoms with Gasteiger partial charge in [-0.1, -0.05) is 48.1 Å². The van der Waals surface area contributed by atoms with Crippen molar-refractivity contribution in [2.45, 2.75) is 67.3 Å². The number of carbonyl (C=O) groups excluding carboxylic acids is 1. The lowest BCUT2D eigenvalue weighted by molar-refractivity contribution is -0.127. The smallest absolute Gasteiger partial charge is 0.159 e. The molecular formula is C15H29NO. The van der Waals surface area contributed by atoms with Gasteiger partial charge in [0.1, 0.15) is 0 Å². The molecule has 0 bridgehead atoms. The second-order valence-electron chi connectivity index (χ2n) is 7.14. The molecule has 0 aromatic carbocycles. The van der Waals surface area contributed by atoms with E-state index in [1.165, 1.54) is 0 Å². The molecule has 2 heteroatoms. The van der Waals surface area contributed by atoms with Crippen molar-refractivity contribution in [1.82, 2.24) is 5.32 Å². The van der Waals surface area contributed by atoms with Crippen molar-refractivity contribution in [3.8, 4) is 0 Å². The van der Waals surface area contributed by atoms with Gasteiger partial charge in [0.25, 0.3) is 0 Å². The van der Waals surface area contributed by atoms with Gasteiger partial charge in [0.2, 0.25) is 0 Å². The average Bonchev–Trinajstić information content (AvgIpc) is 2.10. The Morgan fingerprint density at radius 2 is 1.65 bits per heavy atom. The van der Waals surface area contributed by atoms with Crippen molar-refractivity contribution in [1.29, 1.82) is 0 Å². The summed E-state index contributed by atoms with van der Waals surface area (Å²) in [6, 6.07) is -0.150. The summed E-state index contributed by atoms with van der Waals surface area (Å²) in [5, 5.41) is 3.21. The van der Waals surface area contributed by atoms with E-state index in [9.17, 15) is 4.79 Å². The van der Waals surface area contributed by atoms with E-state index in [4.69, 9.17) is 0 Å². The van der Waals surface area contributed by atoms with E-state index in [1.54, 1.807) is 0 Å². The normalized spacial score (nSPS) is 14.3. The Morgan fingerprint density at radius 3 is 2.00 bits per heavy atom. The zero-order valence-electron chi connectivity index (χ0n) is 12.6. The van der Waals surface area contributed by atoms with Gasteiger partial charge in [0.05, 0.1) is 6.04 Å². The second kappa shape index (κ2) is 5.70. The van der Waals surface area contributed by atoms with Crippen LogP contribution in [-0.2, 0) is 4.79 Å². The summed E-state index contributed by atoms with van der Waals surface area (Å²) in [7, 11) is 0. The molecule has 0 amide bonds. The summed E-state index contributed by atoms with van der Waals surface area (Å²) in [6.07, 6.45) is 2.00. The van der Waals surface area contributed by atoms with Crippen LogP contribution in [0.2, 0.25) is 0 Å². The minimum Gasteiger partial charge on any atom is -0.379 e. The Hall–Kier alpha value is -0.790. The number of nitrogens with one attached hydrogen (secondary N) is 1. The fourth-order valence-corrected chi connectivity index (χ4v) is 1.62. The molecule has 0 aliphatic rings. The lowest BCUT2D eigenvalue weighted by Gasteiger charge is -2.25. The van der Waals surface area contributed by atoms with Crippen molar-refractivity contribution in [3.05, 3.63) is 12.3 Å². The first kappa shape index (κ1) is 16.2. The number of allylic oxidation sites excluding steroid dienone is 1. The average molecular weight is 239 g/mol. The third-order valence-corrected chi connectivity index (χ3v) is 2.73. The van der Waals surface area contributed by atoms with E-state index in [1.807, 2.05) is 27.7 Å². The molecule has 1 N–H and O–H groups in total. The van der Waals surface area contributed by atoms with Gasteiger partial charge in [-0.05, 0) is 25.2 Å². The van der Waals surface area contributed by atoms with E-state index in [-0.39, 0.29) is 17.2 Å². The van der Waals surface area contributed by atoms with Crippen LogP contribution < -0.4 is 5.32 Å². The highest BCUT2D eigenvalue weighted by molar-refractivity contribution is 5.88. The van der Waals surface area contributed by atoms with Crippen LogP contribution in [0.25, 0.3) is 0 Å². The molecule has 0 spiro atoms. The Balaban J connectivity index is 4.18. The van der Waals surface area contributed by atoms with Crippen LogP contribution in [0.3, 0.4) is 0 Å². The van der Waals surface area contributed by atoms with Crippen LogP contribution >= 0.6 is 0 Å². The third-order valence-electron chi connectivity index (χ3n) is 2.73. The number of hydrogen-bond donors (Lipinski definition) is 1. The summed E-state index contributed by atoms with van der Waals surface area (Å²) < 4.78 is 0. The molecular weight excluding hydrogens is 210 g/mol. The Labute approximate surface area is 107 Å². The fourth-order valence-electron chi connectivity index (χ4n) is 1.62. The molecule has 0 radical (unpaired) electrons. The first-order valence-corrected chi connectivity index (χ1v) is 6.42. The van der Waals surface area contributed by atoms with Crippen molar-refractivity contribution in [3.63, 3.8) is 0 Å². The molecule has 0 saturated carbocycles. The van der Waals surface area contributed by atoms with E-state index < -0.39 is 0 Å². The largest absolute Gasteiger partial charge is 0.379 e. The van der Waals surface area contributed by atoms with Gasteiger partial charge in [-0.25, -0.2) is 0 Å². The number of hydrogen-bond acceptors (Lipinski definition) is 2. The van der Waals surface area contributed by atoms with Gasteiger partial charge < -0.3 is 5.32 Å². The quantitative estimate of drug-likeness (QED) is 0.788. The molecule has 17 heavy (non-hydrogen) atoms. The second-order valence-corrected chi connectivity index (χ2v) is 7.14. The van der Waals surface area contributed by atoms with Crippen LogP contribution in [0.15, 0.2) is 12.3 Å². The van der Waals surface area contributed by atoms with E-state index in [2.05, 4.69) is 32.7 Å². The number of ketones is 1. The van der Waals surface area contributed by atoms with E-state index in [0.29, 0.717) is 5.41 Å². The van der Waals surface area contributed by atoms with Gasteiger partial charge >= 0.3 is 0 Å². The molecule has 2 nitrogen and oxygen atoms in total. The Kier molecular flexibility index (Phi) is 5.44. The van der Waals surface area contributed by atoms with Crippen molar-refractivity contribution < 1.29 is 4.79 Å². The minimum atomic E-state index is -0.295. The van der Waals surface area contributed by atoms with Crippen LogP contribution in [0.4, 0.5) is 0 Å². The molecule has 0 saturated heterocycles. The summed E-state index contributed by atoms with van der Waals surface area (Å²) in [5.41, 5.74) is 0.976. The maximum Gasteiger partial charge on any atom is 0.159 e. The lowest BCUT2D eigenvalue weighted by atomic mass is 9.86. The molecule has 1 atom stereocenters. The standard InChI is InChI=1S/C15H29NO/c1-11(9-10-14(3,4)5)16-12(2)13(17)15(6,7)8/h12,16H,1,9-10H2,2-8H3. The summed E-state index contributed by atoms with van der Waals surface area (Å²) in [5.74, 6) is 0.231. The maximum absolute atomic E-state index is 12.0. The van der Waals surface area contributed by atoms with Gasteiger partial charge in [-0.15, -0.1) is 0 Å². The zero-order chi connectivity index (χ0) is 13.9. The molecule has 0 heterocycles. The first-order valence-electron chi connectivity index (χ1n) is 6.42. The maximum atomic E-state index is 12.0. The Bertz CT molecular complexity index is 278. The summed E-state index contributed by atoms with van der Waals surface area (Å²) >= 11 is 0. The monoisotopic (exact) mass is 239 g/mol. The summed E-state index contributed by atoms with van der Waals surface area (Å²) in [4.78, 5) is 12.0. The number of rotatable bonds is 5. The van der Waals surface area contributed by atoms with Crippen LogP contribution in [0.1, 0.15) is 61.3 Å². The van der Waals surface area contributed by atoms with Crippen LogP contribution in [0, 0.1) is 10.8 Å². The van der Waals surface area contributed by atoms with Gasteiger partial charge in [0, 0.05) is 11.1 Å². The van der Waals surface area contributed by atoms with Gasteiger partial charge in [0.15, 0.2) is 5.78 Å². The van der Waals surface area contributed by atoms with Crippen molar-refractivity contribution in [2.75, 3.05) is 0 Å². The van der Waals surface area contributed by atoms with Gasteiger partial charge in [-0.3, -0.25) is 4.79 Å². The highest BCUT2D eigenvalue weighted by Gasteiger charge is 2.26. The molecule has 0 aromatic rings. The van der Waals surface area contributed by atoms with Gasteiger partial charge in [-0.2, -0.15) is 0 Å². The lowest BCUT2D eigenvalue weighted by Crippen LogP contribution is -2.40. The zero-order valence-corrected chi connectivity index (χ0v) is 12.6. The molecule has 1 unspecified atom stereocenters. The molecule has 0 aliphatic heterocycles. The highest BCUT2D eigenvalue weighted by Crippen LogP contribution is 2.23. The molecule has 0 aliphatic carbocycles. The minimum absolute atomic E-state index is 0.150. The third kappa shape index (κ3) is 7.19. The molecule has 0 aromatic heterocycles. The molecule has 100 valence electrons. The predicted molar refractivity (Wildman–Crippen MR) is 74.9 cm³/mol. The number of carbonyl (C=O) groups is 1. The topological polar surface area (TPSA) is 29.1 Å². The first-order chi connectivity index (χ1) is 7.43. The van der Waals surface area contributed by atoms with Crippen molar-refractivity contribution >= 4 is 5.78 Å². The highest BCUT2D eigenvalue weighted by atomic mass is 16.1. The SMILES string of the molecule is C=C(CCC(C)(C)C)NC(C)C(=O)C(C)(C)C. The molecule has 0 fully saturated rings. The van der Waals surface area contributed by atoms with Crippen molar-refractivity contribution in [2.24, 2.45) is 10.8 Å². The van der Waals surface area contributed by atoms with Crippen LogP contribution in [-0.4, -0.2) is 11.8 Å². The summed E-state index contributed by atoms with van der Waals surface area (Å²) in [6.45, 7) is 18.4. The fraction of sp³-hybridized carbons (Fsp3) is 0.800. The Morgan fingerprint density at radius 1 is 1.18 bits per heavy atom. The number of Topliss-reactive ketones (excluding diaryl/α,β-unsaturated/α-hetero) is 1. The predicted octanol–water partition coefficient (Wildman–Crippen LogP) is 3.92.